The van der Waals surface area contributed by atoms with Crippen molar-refractivity contribution in [3.05, 3.63) is 0 Å². The second-order valence-electron chi connectivity index (χ2n) is 5.62. The van der Waals surface area contributed by atoms with Crippen molar-refractivity contribution in [2.24, 2.45) is 11.7 Å². The van der Waals surface area contributed by atoms with Crippen LogP contribution in [0.1, 0.15) is 45.4 Å². The fraction of sp³-hybridized carbons (Fsp3) is 0.923. The number of hydrogen-bond donors (Lipinski definition) is 2. The number of nitrogens with one attached hydrogen (secondary N) is 1. The van der Waals surface area contributed by atoms with E-state index in [-0.39, 0.29) is 11.9 Å². The van der Waals surface area contributed by atoms with Gasteiger partial charge in [0.1, 0.15) is 0 Å². The predicted molar refractivity (Wildman–Crippen MR) is 73.0 cm³/mol. The van der Waals surface area contributed by atoms with Crippen LogP contribution >= 0.6 is 11.8 Å². The molecule has 0 radical (unpaired) electrons. The van der Waals surface area contributed by atoms with Gasteiger partial charge in [0.2, 0.25) is 5.91 Å². The van der Waals surface area contributed by atoms with Gasteiger partial charge in [-0.05, 0) is 31.6 Å². The summed E-state index contributed by atoms with van der Waals surface area (Å²) in [6.45, 7) is 2.33. The van der Waals surface area contributed by atoms with E-state index in [4.69, 9.17) is 5.73 Å². The summed E-state index contributed by atoms with van der Waals surface area (Å²) < 4.78 is 0. The Kier molecular flexibility index (Phi) is 4.74. The molecule has 0 saturated heterocycles. The largest absolute Gasteiger partial charge is 0.368 e. The van der Waals surface area contributed by atoms with Gasteiger partial charge >= 0.3 is 0 Å². The van der Waals surface area contributed by atoms with E-state index < -0.39 is 0 Å². The normalized spacial score (nSPS) is 31.1. The zero-order valence-electron chi connectivity index (χ0n) is 10.7. The molecule has 3 nitrogen and oxygen atoms in total. The summed E-state index contributed by atoms with van der Waals surface area (Å²) >= 11 is 1.94. The summed E-state index contributed by atoms with van der Waals surface area (Å²) in [7, 11) is 0. The average molecular weight is 256 g/mol. The molecule has 3 atom stereocenters. The van der Waals surface area contributed by atoms with Gasteiger partial charge in [0, 0.05) is 17.0 Å². The van der Waals surface area contributed by atoms with Crippen molar-refractivity contribution < 1.29 is 4.79 Å². The highest BCUT2D eigenvalue weighted by atomic mass is 32.2. The minimum absolute atomic E-state index is 0.121. The van der Waals surface area contributed by atoms with Gasteiger partial charge in [0.05, 0.1) is 6.04 Å². The molecule has 0 heterocycles. The average Bonchev–Trinajstić information content (AvgIpc) is 3.07. The lowest BCUT2D eigenvalue weighted by Crippen LogP contribution is -2.44. The highest BCUT2D eigenvalue weighted by Gasteiger charge is 2.28. The Morgan fingerprint density at radius 3 is 2.76 bits per heavy atom. The van der Waals surface area contributed by atoms with E-state index in [9.17, 15) is 4.79 Å². The van der Waals surface area contributed by atoms with Crippen LogP contribution < -0.4 is 11.1 Å². The monoisotopic (exact) mass is 256 g/mol. The van der Waals surface area contributed by atoms with Gasteiger partial charge in [-0.3, -0.25) is 4.79 Å². The molecular weight excluding hydrogens is 232 g/mol. The van der Waals surface area contributed by atoms with Crippen molar-refractivity contribution in [2.45, 2.75) is 62.8 Å². The van der Waals surface area contributed by atoms with E-state index in [0.717, 1.165) is 16.9 Å². The van der Waals surface area contributed by atoms with Crippen LogP contribution in [0.25, 0.3) is 0 Å². The first kappa shape index (κ1) is 13.2. The minimum atomic E-state index is -0.187. The smallest absolute Gasteiger partial charge is 0.235 e. The highest BCUT2D eigenvalue weighted by molar-refractivity contribution is 7.99. The van der Waals surface area contributed by atoms with Crippen LogP contribution in [0, 0.1) is 5.92 Å². The van der Waals surface area contributed by atoms with E-state index in [1.165, 1.54) is 38.5 Å². The van der Waals surface area contributed by atoms with Crippen molar-refractivity contribution in [2.75, 3.05) is 5.75 Å². The first-order valence-electron chi connectivity index (χ1n) is 6.82. The molecule has 17 heavy (non-hydrogen) atoms. The van der Waals surface area contributed by atoms with Gasteiger partial charge in [-0.1, -0.05) is 19.8 Å². The summed E-state index contributed by atoms with van der Waals surface area (Å²) in [6, 6.07) is 0.433. The molecule has 0 aromatic carbocycles. The molecule has 4 heteroatoms. The Balaban J connectivity index is 1.71. The fourth-order valence-corrected chi connectivity index (χ4v) is 4.03. The number of hydrogen-bond acceptors (Lipinski definition) is 3. The first-order valence-corrected chi connectivity index (χ1v) is 7.87. The van der Waals surface area contributed by atoms with Crippen LogP contribution in [0.2, 0.25) is 0 Å². The van der Waals surface area contributed by atoms with Crippen LogP contribution in [0.5, 0.6) is 0 Å². The lowest BCUT2D eigenvalue weighted by atomic mass is 9.91. The van der Waals surface area contributed by atoms with Crippen LogP contribution in [0.15, 0.2) is 0 Å². The number of primary amides is 1. The predicted octanol–water partition coefficient (Wildman–Crippen LogP) is 1.90. The van der Waals surface area contributed by atoms with E-state index >= 15 is 0 Å². The maximum absolute atomic E-state index is 11.3. The molecule has 2 fully saturated rings. The fourth-order valence-electron chi connectivity index (χ4n) is 2.51. The molecule has 3 N–H and O–H groups in total. The van der Waals surface area contributed by atoms with E-state index in [2.05, 4.69) is 12.2 Å². The maximum atomic E-state index is 11.3. The minimum Gasteiger partial charge on any atom is -0.368 e. The molecule has 2 aliphatic carbocycles. The Morgan fingerprint density at radius 1 is 1.41 bits per heavy atom. The van der Waals surface area contributed by atoms with Crippen molar-refractivity contribution >= 4 is 17.7 Å². The second kappa shape index (κ2) is 6.10. The molecular formula is C13H24N2OS. The number of carbonyl (C=O) groups is 1. The summed E-state index contributed by atoms with van der Waals surface area (Å²) in [5.74, 6) is 1.52. The molecule has 0 bridgehead atoms. The molecule has 0 aromatic rings. The summed E-state index contributed by atoms with van der Waals surface area (Å²) in [5.41, 5.74) is 5.44. The van der Waals surface area contributed by atoms with E-state index in [1.807, 2.05) is 11.8 Å². The second-order valence-corrected chi connectivity index (χ2v) is 6.96. The lowest BCUT2D eigenvalue weighted by Gasteiger charge is -2.27. The molecule has 2 saturated carbocycles. The summed E-state index contributed by atoms with van der Waals surface area (Å²) in [4.78, 5) is 11.3. The number of nitrogens with two attached hydrogens (primary N) is 1. The number of carbonyl (C=O) groups excluding carboxylic acids is 1. The topological polar surface area (TPSA) is 55.1 Å². The van der Waals surface area contributed by atoms with Crippen molar-refractivity contribution in [3.63, 3.8) is 0 Å². The molecule has 2 aliphatic rings. The van der Waals surface area contributed by atoms with Gasteiger partial charge in [-0.15, -0.1) is 0 Å². The van der Waals surface area contributed by atoms with Gasteiger partial charge < -0.3 is 11.1 Å². The zero-order chi connectivity index (χ0) is 12.3. The van der Waals surface area contributed by atoms with Crippen LogP contribution in [0.3, 0.4) is 0 Å². The Morgan fingerprint density at radius 2 is 2.18 bits per heavy atom. The maximum Gasteiger partial charge on any atom is 0.235 e. The van der Waals surface area contributed by atoms with Gasteiger partial charge in [-0.25, -0.2) is 0 Å². The molecule has 2 rings (SSSR count). The van der Waals surface area contributed by atoms with E-state index in [0.29, 0.717) is 6.04 Å². The standard InChI is InChI=1S/C13H24N2OS/c1-9-3-2-4-11(7-9)17-8-12(13(14)16)15-10-5-6-10/h9-12,15H,2-8H2,1H3,(H2,14,16). The third kappa shape index (κ3) is 4.51. The SMILES string of the molecule is CC1CCCC(SCC(NC2CC2)C(N)=O)C1. The summed E-state index contributed by atoms with van der Waals surface area (Å²) in [6.07, 6.45) is 7.74. The van der Waals surface area contributed by atoms with Gasteiger partial charge in [0.15, 0.2) is 0 Å². The lowest BCUT2D eigenvalue weighted by molar-refractivity contribution is -0.119. The molecule has 0 spiro atoms. The van der Waals surface area contributed by atoms with Crippen LogP contribution in [0.4, 0.5) is 0 Å². The molecule has 98 valence electrons. The Hall–Kier alpha value is -0.220. The number of thioether (sulfide) groups is 1. The molecule has 0 aliphatic heterocycles. The van der Waals surface area contributed by atoms with Crippen LogP contribution in [-0.2, 0) is 4.79 Å². The summed E-state index contributed by atoms with van der Waals surface area (Å²) in [5, 5.41) is 4.08. The Bertz CT molecular complexity index is 268. The van der Waals surface area contributed by atoms with Gasteiger partial charge in [-0.2, -0.15) is 11.8 Å². The van der Waals surface area contributed by atoms with Crippen molar-refractivity contribution in [3.8, 4) is 0 Å². The molecule has 3 unspecified atom stereocenters. The molecule has 0 aromatic heterocycles. The van der Waals surface area contributed by atoms with Crippen LogP contribution in [-0.4, -0.2) is 29.0 Å². The van der Waals surface area contributed by atoms with E-state index in [1.54, 1.807) is 0 Å². The zero-order valence-corrected chi connectivity index (χ0v) is 11.5. The van der Waals surface area contributed by atoms with Gasteiger partial charge in [0.25, 0.3) is 0 Å². The quantitative estimate of drug-likeness (QED) is 0.763. The number of rotatable bonds is 6. The third-order valence-electron chi connectivity index (χ3n) is 3.74. The van der Waals surface area contributed by atoms with Crippen molar-refractivity contribution in [1.82, 2.24) is 5.32 Å². The van der Waals surface area contributed by atoms with Crippen molar-refractivity contribution in [1.29, 1.82) is 0 Å². The third-order valence-corrected chi connectivity index (χ3v) is 5.17. The Labute approximate surface area is 108 Å². The number of amides is 1. The highest BCUT2D eigenvalue weighted by Crippen LogP contribution is 2.32. The molecule has 1 amide bonds. The first-order chi connectivity index (χ1) is 8.15.